The number of hydrogen-bond acceptors (Lipinski definition) is 1. The van der Waals surface area contributed by atoms with Crippen molar-refractivity contribution < 1.29 is 4.79 Å². The van der Waals surface area contributed by atoms with Crippen LogP contribution in [-0.4, -0.2) is 6.29 Å². The van der Waals surface area contributed by atoms with Crippen LogP contribution in [0.3, 0.4) is 0 Å². The third-order valence-electron chi connectivity index (χ3n) is 2.90. The van der Waals surface area contributed by atoms with E-state index in [0.717, 1.165) is 31.1 Å². The zero-order valence-corrected chi connectivity index (χ0v) is 8.99. The van der Waals surface area contributed by atoms with E-state index >= 15 is 0 Å². The van der Waals surface area contributed by atoms with Crippen LogP contribution in [0.1, 0.15) is 38.7 Å². The van der Waals surface area contributed by atoms with Crippen LogP contribution >= 0.6 is 0 Å². The average Bonchev–Trinajstić information content (AvgIpc) is 2.27. The Kier molecular flexibility index (Phi) is 3.87. The highest BCUT2D eigenvalue weighted by atomic mass is 16.1. The molecule has 1 atom stereocenters. The summed E-state index contributed by atoms with van der Waals surface area (Å²) in [7, 11) is 0. The summed E-state index contributed by atoms with van der Waals surface area (Å²) in [6, 6.07) is 10.1. The van der Waals surface area contributed by atoms with E-state index in [0.29, 0.717) is 0 Å². The third kappa shape index (κ3) is 2.03. The number of hydrogen-bond donors (Lipinski definition) is 0. The van der Waals surface area contributed by atoms with Crippen molar-refractivity contribution in [2.24, 2.45) is 0 Å². The van der Waals surface area contributed by atoms with E-state index < -0.39 is 0 Å². The maximum absolute atomic E-state index is 11.2. The lowest BCUT2D eigenvalue weighted by Crippen LogP contribution is -2.26. The molecule has 1 aromatic rings. The first kappa shape index (κ1) is 11.0. The van der Waals surface area contributed by atoms with E-state index in [1.165, 1.54) is 0 Å². The van der Waals surface area contributed by atoms with Crippen molar-refractivity contribution in [3.05, 3.63) is 35.9 Å². The first-order valence-corrected chi connectivity index (χ1v) is 5.31. The molecule has 76 valence electrons. The lowest BCUT2D eigenvalue weighted by Gasteiger charge is -2.26. The maximum Gasteiger partial charge on any atom is 0.130 e. The topological polar surface area (TPSA) is 17.1 Å². The first-order chi connectivity index (χ1) is 6.79. The van der Waals surface area contributed by atoms with Crippen molar-refractivity contribution in [2.45, 2.75) is 38.5 Å². The summed E-state index contributed by atoms with van der Waals surface area (Å²) in [6.45, 7) is 4.20. The summed E-state index contributed by atoms with van der Waals surface area (Å²) >= 11 is 0. The molecule has 1 aromatic carbocycles. The first-order valence-electron chi connectivity index (χ1n) is 5.31. The van der Waals surface area contributed by atoms with Crippen LogP contribution in [0.4, 0.5) is 0 Å². The summed E-state index contributed by atoms with van der Waals surface area (Å²) < 4.78 is 0. The molecule has 0 spiro atoms. The zero-order valence-electron chi connectivity index (χ0n) is 8.99. The van der Waals surface area contributed by atoms with Gasteiger partial charge < -0.3 is 4.79 Å². The maximum atomic E-state index is 11.2. The second-order valence-electron chi connectivity index (χ2n) is 3.74. The Morgan fingerprint density at radius 2 is 1.86 bits per heavy atom. The van der Waals surface area contributed by atoms with E-state index in [-0.39, 0.29) is 5.41 Å². The van der Waals surface area contributed by atoms with Gasteiger partial charge in [0.05, 0.1) is 5.41 Å². The lowest BCUT2D eigenvalue weighted by atomic mass is 9.76. The van der Waals surface area contributed by atoms with Crippen LogP contribution in [0.15, 0.2) is 30.3 Å². The molecule has 0 radical (unpaired) electrons. The molecule has 0 bridgehead atoms. The second-order valence-corrected chi connectivity index (χ2v) is 3.74. The highest BCUT2D eigenvalue weighted by Gasteiger charge is 2.28. The number of carbonyl (C=O) groups is 1. The SMILES string of the molecule is CCCC(C=O)(CC)c1ccccc1. The predicted octanol–water partition coefficient (Wildman–Crippen LogP) is 3.33. The van der Waals surface area contributed by atoms with E-state index in [4.69, 9.17) is 0 Å². The van der Waals surface area contributed by atoms with E-state index in [1.54, 1.807) is 0 Å². The summed E-state index contributed by atoms with van der Waals surface area (Å²) in [5, 5.41) is 0. The molecular weight excluding hydrogens is 172 g/mol. The molecule has 14 heavy (non-hydrogen) atoms. The van der Waals surface area contributed by atoms with Crippen LogP contribution in [0.2, 0.25) is 0 Å². The molecule has 1 nitrogen and oxygen atoms in total. The van der Waals surface area contributed by atoms with Crippen molar-refractivity contribution in [3.63, 3.8) is 0 Å². The van der Waals surface area contributed by atoms with Crippen molar-refractivity contribution in [1.82, 2.24) is 0 Å². The molecule has 0 aliphatic heterocycles. The molecule has 0 N–H and O–H groups in total. The van der Waals surface area contributed by atoms with Crippen LogP contribution in [0.5, 0.6) is 0 Å². The Morgan fingerprint density at radius 3 is 2.29 bits per heavy atom. The van der Waals surface area contributed by atoms with Gasteiger partial charge in [-0.2, -0.15) is 0 Å². The summed E-state index contributed by atoms with van der Waals surface area (Å²) in [5.41, 5.74) is 0.898. The number of carbonyl (C=O) groups excluding carboxylic acids is 1. The fourth-order valence-corrected chi connectivity index (χ4v) is 1.95. The van der Waals surface area contributed by atoms with E-state index in [9.17, 15) is 4.79 Å². The molecule has 1 unspecified atom stereocenters. The molecule has 0 heterocycles. The Morgan fingerprint density at radius 1 is 1.21 bits per heavy atom. The van der Waals surface area contributed by atoms with Gasteiger partial charge in [-0.15, -0.1) is 0 Å². The van der Waals surface area contributed by atoms with Gasteiger partial charge in [0, 0.05) is 0 Å². The fourth-order valence-electron chi connectivity index (χ4n) is 1.95. The van der Waals surface area contributed by atoms with Crippen molar-refractivity contribution in [1.29, 1.82) is 0 Å². The minimum absolute atomic E-state index is 0.254. The Hall–Kier alpha value is -1.11. The van der Waals surface area contributed by atoms with Crippen molar-refractivity contribution in [2.75, 3.05) is 0 Å². The smallest absolute Gasteiger partial charge is 0.130 e. The van der Waals surface area contributed by atoms with Gasteiger partial charge in [0.1, 0.15) is 6.29 Å². The number of benzene rings is 1. The van der Waals surface area contributed by atoms with Crippen LogP contribution in [0.25, 0.3) is 0 Å². The Balaban J connectivity index is 3.04. The van der Waals surface area contributed by atoms with Gasteiger partial charge in [0.25, 0.3) is 0 Å². The van der Waals surface area contributed by atoms with E-state index in [2.05, 4.69) is 13.8 Å². The van der Waals surface area contributed by atoms with Crippen molar-refractivity contribution >= 4 is 6.29 Å². The highest BCUT2D eigenvalue weighted by molar-refractivity contribution is 5.68. The quantitative estimate of drug-likeness (QED) is 0.651. The van der Waals surface area contributed by atoms with Gasteiger partial charge in [-0.25, -0.2) is 0 Å². The minimum Gasteiger partial charge on any atom is -0.302 e. The van der Waals surface area contributed by atoms with Gasteiger partial charge in [0.2, 0.25) is 0 Å². The average molecular weight is 190 g/mol. The van der Waals surface area contributed by atoms with Gasteiger partial charge in [-0.05, 0) is 18.4 Å². The standard InChI is InChI=1S/C13H18O/c1-3-10-13(4-2,11-14)12-8-6-5-7-9-12/h5-9,11H,3-4,10H2,1-2H3. The van der Waals surface area contributed by atoms with Gasteiger partial charge in [-0.3, -0.25) is 0 Å². The van der Waals surface area contributed by atoms with Crippen LogP contribution in [0, 0.1) is 0 Å². The molecule has 0 saturated carbocycles. The molecule has 0 saturated heterocycles. The molecule has 1 heteroatoms. The predicted molar refractivity (Wildman–Crippen MR) is 59.4 cm³/mol. The minimum atomic E-state index is -0.254. The van der Waals surface area contributed by atoms with Crippen molar-refractivity contribution in [3.8, 4) is 0 Å². The third-order valence-corrected chi connectivity index (χ3v) is 2.90. The summed E-state index contributed by atoms with van der Waals surface area (Å²) in [4.78, 5) is 11.2. The largest absolute Gasteiger partial charge is 0.302 e. The molecule has 0 aliphatic rings. The van der Waals surface area contributed by atoms with Crippen LogP contribution < -0.4 is 0 Å². The van der Waals surface area contributed by atoms with Gasteiger partial charge in [0.15, 0.2) is 0 Å². The molecule has 0 aliphatic carbocycles. The normalized spacial score (nSPS) is 14.7. The molecule has 0 fully saturated rings. The van der Waals surface area contributed by atoms with Crippen LogP contribution in [-0.2, 0) is 10.2 Å². The molecular formula is C13H18O. The monoisotopic (exact) mass is 190 g/mol. The Bertz CT molecular complexity index is 279. The summed E-state index contributed by atoms with van der Waals surface area (Å²) in [5.74, 6) is 0. The number of rotatable bonds is 5. The lowest BCUT2D eigenvalue weighted by molar-refractivity contribution is -0.113. The van der Waals surface area contributed by atoms with Gasteiger partial charge in [-0.1, -0.05) is 50.6 Å². The number of aldehydes is 1. The Labute approximate surface area is 86.1 Å². The molecule has 1 rings (SSSR count). The highest BCUT2D eigenvalue weighted by Crippen LogP contribution is 2.30. The molecule has 0 aromatic heterocycles. The van der Waals surface area contributed by atoms with Gasteiger partial charge >= 0.3 is 0 Å². The summed E-state index contributed by atoms with van der Waals surface area (Å²) in [6.07, 6.45) is 3.98. The molecule has 0 amide bonds. The van der Waals surface area contributed by atoms with E-state index in [1.807, 2.05) is 30.3 Å². The zero-order chi connectivity index (χ0) is 10.4. The second kappa shape index (κ2) is 4.94. The fraction of sp³-hybridized carbons (Fsp3) is 0.462.